The minimum Gasteiger partial charge on any atom is -0.493 e. The normalized spacial score (nSPS) is 11.1. The Morgan fingerprint density at radius 2 is 1.41 bits per heavy atom. The third kappa shape index (κ3) is 4.32. The van der Waals surface area contributed by atoms with Crippen molar-refractivity contribution in [2.45, 2.75) is 25.7 Å². The highest BCUT2D eigenvalue weighted by Crippen LogP contribution is 2.29. The Morgan fingerprint density at radius 1 is 0.862 bits per heavy atom. The summed E-state index contributed by atoms with van der Waals surface area (Å²) in [5.41, 5.74) is 2.35. The summed E-state index contributed by atoms with van der Waals surface area (Å²) in [5, 5.41) is 0. The molecule has 3 aromatic rings. The molecule has 150 valence electrons. The molecule has 0 aliphatic heterocycles. The topological polar surface area (TPSA) is 63.7 Å². The Morgan fingerprint density at radius 3 is 2.00 bits per heavy atom. The maximum absolute atomic E-state index is 13.5. The van der Waals surface area contributed by atoms with Gasteiger partial charge in [-0.1, -0.05) is 47.5 Å². The molecule has 0 saturated carbocycles. The third-order valence-corrected chi connectivity index (χ3v) is 6.15. The summed E-state index contributed by atoms with van der Waals surface area (Å²) in [6, 6.07) is 19.9. The minimum absolute atomic E-state index is 0.0471. The van der Waals surface area contributed by atoms with E-state index in [2.05, 4.69) is 0 Å². The van der Waals surface area contributed by atoms with Gasteiger partial charge in [-0.05, 0) is 57.2 Å². The Balaban J connectivity index is 2.17. The van der Waals surface area contributed by atoms with Crippen molar-refractivity contribution >= 4 is 21.6 Å². The van der Waals surface area contributed by atoms with E-state index in [9.17, 15) is 13.2 Å². The highest BCUT2D eigenvalue weighted by atomic mass is 32.2. The molecule has 0 unspecified atom stereocenters. The SMILES string of the molecule is CCOc1ccccc1C(=O)N(c1ccc(C)cc1)S(=O)(=O)c1ccc(C)cc1. The number of hydrogen-bond acceptors (Lipinski definition) is 4. The molecular weight excluding hydrogens is 386 g/mol. The fourth-order valence-electron chi connectivity index (χ4n) is 2.90. The van der Waals surface area contributed by atoms with Crippen LogP contribution in [0.15, 0.2) is 77.7 Å². The average molecular weight is 410 g/mol. The third-order valence-electron chi connectivity index (χ3n) is 4.43. The molecule has 0 atom stereocenters. The van der Waals surface area contributed by atoms with Gasteiger partial charge in [0.2, 0.25) is 0 Å². The number of benzene rings is 3. The molecule has 0 N–H and O–H groups in total. The van der Waals surface area contributed by atoms with Gasteiger partial charge in [-0.3, -0.25) is 4.79 Å². The quantitative estimate of drug-likeness (QED) is 0.590. The van der Waals surface area contributed by atoms with Crippen molar-refractivity contribution in [3.8, 4) is 5.75 Å². The molecule has 0 fully saturated rings. The second-order valence-electron chi connectivity index (χ2n) is 6.65. The molecule has 3 aromatic carbocycles. The van der Waals surface area contributed by atoms with E-state index in [-0.39, 0.29) is 16.1 Å². The van der Waals surface area contributed by atoms with Crippen LogP contribution >= 0.6 is 0 Å². The number of hydrogen-bond donors (Lipinski definition) is 0. The van der Waals surface area contributed by atoms with Gasteiger partial charge in [0, 0.05) is 0 Å². The zero-order chi connectivity index (χ0) is 21.0. The average Bonchev–Trinajstić information content (AvgIpc) is 2.70. The zero-order valence-corrected chi connectivity index (χ0v) is 17.4. The van der Waals surface area contributed by atoms with Crippen LogP contribution in [-0.2, 0) is 10.0 Å². The molecule has 0 radical (unpaired) electrons. The number of ether oxygens (including phenoxy) is 1. The van der Waals surface area contributed by atoms with Gasteiger partial charge in [-0.2, -0.15) is 4.31 Å². The monoisotopic (exact) mass is 409 g/mol. The number of nitrogens with zero attached hydrogens (tertiary/aromatic N) is 1. The second kappa shape index (κ2) is 8.49. The molecule has 3 rings (SSSR count). The lowest BCUT2D eigenvalue weighted by atomic mass is 10.1. The van der Waals surface area contributed by atoms with E-state index in [1.165, 1.54) is 12.1 Å². The van der Waals surface area contributed by atoms with E-state index in [1.54, 1.807) is 60.7 Å². The predicted octanol–water partition coefficient (Wildman–Crippen LogP) is 4.74. The summed E-state index contributed by atoms with van der Waals surface area (Å²) in [4.78, 5) is 13.5. The Kier molecular flexibility index (Phi) is 6.03. The van der Waals surface area contributed by atoms with E-state index in [0.717, 1.165) is 15.4 Å². The van der Waals surface area contributed by atoms with Gasteiger partial charge in [0.25, 0.3) is 15.9 Å². The van der Waals surface area contributed by atoms with Gasteiger partial charge < -0.3 is 4.74 Å². The number of carbonyl (C=O) groups excluding carboxylic acids is 1. The smallest absolute Gasteiger partial charge is 0.276 e. The van der Waals surface area contributed by atoms with E-state index in [0.29, 0.717) is 12.4 Å². The number of aryl methyl sites for hydroxylation is 2. The van der Waals surface area contributed by atoms with E-state index in [1.807, 2.05) is 20.8 Å². The molecule has 6 heteroatoms. The van der Waals surface area contributed by atoms with Crippen LogP contribution in [0.25, 0.3) is 0 Å². The zero-order valence-electron chi connectivity index (χ0n) is 16.6. The summed E-state index contributed by atoms with van der Waals surface area (Å²) in [7, 11) is -4.13. The maximum atomic E-state index is 13.5. The van der Waals surface area contributed by atoms with Gasteiger partial charge in [0.15, 0.2) is 0 Å². The van der Waals surface area contributed by atoms with Crippen molar-refractivity contribution in [1.82, 2.24) is 0 Å². The first kappa shape index (κ1) is 20.6. The van der Waals surface area contributed by atoms with Crippen molar-refractivity contribution in [2.75, 3.05) is 10.9 Å². The number of amides is 1. The lowest BCUT2D eigenvalue weighted by Gasteiger charge is -2.24. The first-order valence-electron chi connectivity index (χ1n) is 9.29. The van der Waals surface area contributed by atoms with Crippen molar-refractivity contribution in [2.24, 2.45) is 0 Å². The molecule has 0 saturated heterocycles. The molecule has 0 aromatic heterocycles. The number of rotatable bonds is 6. The van der Waals surface area contributed by atoms with Crippen LogP contribution in [0, 0.1) is 13.8 Å². The number of sulfonamides is 1. The summed E-state index contributed by atoms with van der Waals surface area (Å²) in [6.45, 7) is 5.94. The summed E-state index contributed by atoms with van der Waals surface area (Å²) in [6.07, 6.45) is 0. The largest absolute Gasteiger partial charge is 0.493 e. The van der Waals surface area contributed by atoms with Crippen LogP contribution in [0.1, 0.15) is 28.4 Å². The fourth-order valence-corrected chi connectivity index (χ4v) is 4.30. The van der Waals surface area contributed by atoms with Gasteiger partial charge in [-0.15, -0.1) is 0 Å². The highest BCUT2D eigenvalue weighted by molar-refractivity contribution is 7.93. The minimum atomic E-state index is -4.13. The Labute approximate surface area is 171 Å². The maximum Gasteiger partial charge on any atom is 0.276 e. The van der Waals surface area contributed by atoms with Crippen LogP contribution in [-0.4, -0.2) is 20.9 Å². The Hall–Kier alpha value is -3.12. The molecule has 1 amide bonds. The summed E-state index contributed by atoms with van der Waals surface area (Å²) in [5.74, 6) is -0.324. The molecule has 29 heavy (non-hydrogen) atoms. The predicted molar refractivity (Wildman–Crippen MR) is 114 cm³/mol. The molecular formula is C23H23NO4S. The molecule has 0 heterocycles. The number of para-hydroxylation sites is 1. The van der Waals surface area contributed by atoms with Crippen LogP contribution in [0.3, 0.4) is 0 Å². The van der Waals surface area contributed by atoms with Gasteiger partial charge in [-0.25, -0.2) is 8.42 Å². The first-order valence-corrected chi connectivity index (χ1v) is 10.7. The summed E-state index contributed by atoms with van der Waals surface area (Å²) >= 11 is 0. The van der Waals surface area contributed by atoms with E-state index < -0.39 is 15.9 Å². The Bertz CT molecular complexity index is 1100. The number of anilines is 1. The van der Waals surface area contributed by atoms with Gasteiger partial charge in [0.1, 0.15) is 5.75 Å². The van der Waals surface area contributed by atoms with Crippen LogP contribution in [0.5, 0.6) is 5.75 Å². The molecule has 0 bridgehead atoms. The van der Waals surface area contributed by atoms with Gasteiger partial charge in [0.05, 0.1) is 22.8 Å². The van der Waals surface area contributed by atoms with E-state index in [4.69, 9.17) is 4.74 Å². The molecule has 0 aliphatic carbocycles. The van der Waals surface area contributed by atoms with Crippen molar-refractivity contribution in [3.63, 3.8) is 0 Å². The standard InChI is InChI=1S/C23H23NO4S/c1-4-28-22-8-6-5-7-21(22)23(25)24(19-13-9-17(2)10-14-19)29(26,27)20-15-11-18(3)12-16-20/h5-16H,4H2,1-3H3. The van der Waals surface area contributed by atoms with Crippen LogP contribution < -0.4 is 9.04 Å². The number of carbonyl (C=O) groups is 1. The van der Waals surface area contributed by atoms with Crippen LogP contribution in [0.2, 0.25) is 0 Å². The highest BCUT2D eigenvalue weighted by Gasteiger charge is 2.33. The van der Waals surface area contributed by atoms with Crippen LogP contribution in [0.4, 0.5) is 5.69 Å². The van der Waals surface area contributed by atoms with Crippen molar-refractivity contribution in [3.05, 3.63) is 89.5 Å². The molecule has 0 spiro atoms. The fraction of sp³-hybridized carbons (Fsp3) is 0.174. The lowest BCUT2D eigenvalue weighted by molar-refractivity contribution is 0.100. The van der Waals surface area contributed by atoms with Crippen molar-refractivity contribution < 1.29 is 17.9 Å². The first-order chi connectivity index (χ1) is 13.8. The lowest BCUT2D eigenvalue weighted by Crippen LogP contribution is -2.37. The molecule has 0 aliphatic rings. The van der Waals surface area contributed by atoms with Gasteiger partial charge >= 0.3 is 0 Å². The van der Waals surface area contributed by atoms with Crippen molar-refractivity contribution in [1.29, 1.82) is 0 Å². The van der Waals surface area contributed by atoms with E-state index >= 15 is 0 Å². The molecule has 5 nitrogen and oxygen atoms in total. The summed E-state index contributed by atoms with van der Waals surface area (Å²) < 4.78 is 33.4. The second-order valence-corrected chi connectivity index (χ2v) is 8.44.